The van der Waals surface area contributed by atoms with Gasteiger partial charge in [-0.2, -0.15) is 0 Å². The quantitative estimate of drug-likeness (QED) is 0.653. The number of nitrogens with zero attached hydrogens (tertiary/aromatic N) is 1. The van der Waals surface area contributed by atoms with E-state index < -0.39 is 44.1 Å². The van der Waals surface area contributed by atoms with Gasteiger partial charge < -0.3 is 10.2 Å². The van der Waals surface area contributed by atoms with Crippen molar-refractivity contribution in [2.75, 3.05) is 19.7 Å². The first-order valence-electron chi connectivity index (χ1n) is 3.89. The van der Waals surface area contributed by atoms with Gasteiger partial charge in [-0.1, -0.05) is 0 Å². The number of halogens is 2. The third-order valence-electron chi connectivity index (χ3n) is 2.03. The third-order valence-corrected chi connectivity index (χ3v) is 2.03. The number of carbonyl (C=O) groups is 1. The maximum atomic E-state index is 12.7. The van der Waals surface area contributed by atoms with E-state index in [1.807, 2.05) is 0 Å². The number of aliphatic hydroxyl groups excluding tert-OH is 1. The highest BCUT2D eigenvalue weighted by molar-refractivity contribution is 5.69. The minimum Gasteiger partial charge on any atom is -0.480 e. The van der Waals surface area contributed by atoms with Gasteiger partial charge in [0, 0.05) is 12.5 Å². The lowest BCUT2D eigenvalue weighted by Gasteiger charge is -2.18. The average Bonchev–Trinajstić information content (AvgIpc) is 2.24. The summed E-state index contributed by atoms with van der Waals surface area (Å²) in [6.45, 7) is -1.45. The molecule has 6 heteroatoms. The Balaban J connectivity index is 2.58. The highest BCUT2D eigenvalue weighted by Crippen LogP contribution is 2.31. The van der Waals surface area contributed by atoms with E-state index in [1.165, 1.54) is 0 Å². The number of alkyl halides is 2. The van der Waals surface area contributed by atoms with Crippen LogP contribution in [0.15, 0.2) is 0 Å². The number of hydrogen-bond acceptors (Lipinski definition) is 3. The van der Waals surface area contributed by atoms with Crippen LogP contribution in [-0.2, 0) is 4.79 Å². The average molecular weight is 195 g/mol. The van der Waals surface area contributed by atoms with Crippen molar-refractivity contribution < 1.29 is 23.8 Å². The zero-order valence-electron chi connectivity index (χ0n) is 6.91. The molecule has 1 aliphatic rings. The molecule has 0 bridgehead atoms. The van der Waals surface area contributed by atoms with Gasteiger partial charge in [-0.15, -0.1) is 0 Å². The van der Waals surface area contributed by atoms with Gasteiger partial charge in [-0.05, 0) is 0 Å². The van der Waals surface area contributed by atoms with Gasteiger partial charge in [0.25, 0.3) is 5.92 Å². The SMILES string of the molecule is O=C(O)CN1CC(F)(F)CC1CO. The van der Waals surface area contributed by atoms with Crippen molar-refractivity contribution in [3.05, 3.63) is 0 Å². The van der Waals surface area contributed by atoms with Crippen LogP contribution in [0.1, 0.15) is 6.42 Å². The zero-order valence-corrected chi connectivity index (χ0v) is 6.91. The number of aliphatic carboxylic acids is 1. The zero-order chi connectivity index (χ0) is 10.1. The van der Waals surface area contributed by atoms with E-state index >= 15 is 0 Å². The Bertz CT molecular complexity index is 210. The first-order chi connectivity index (χ1) is 5.94. The van der Waals surface area contributed by atoms with E-state index in [2.05, 4.69) is 0 Å². The molecule has 1 atom stereocenters. The number of likely N-dealkylation sites (tertiary alicyclic amines) is 1. The summed E-state index contributed by atoms with van der Waals surface area (Å²) in [5, 5.41) is 17.1. The van der Waals surface area contributed by atoms with Crippen LogP contribution in [-0.4, -0.2) is 52.7 Å². The molecule has 0 amide bonds. The second kappa shape index (κ2) is 3.55. The lowest BCUT2D eigenvalue weighted by atomic mass is 10.2. The van der Waals surface area contributed by atoms with Gasteiger partial charge in [0.15, 0.2) is 0 Å². The maximum Gasteiger partial charge on any atom is 0.317 e. The predicted octanol–water partition coefficient (Wildman–Crippen LogP) is -0.227. The van der Waals surface area contributed by atoms with Crippen molar-refractivity contribution in [2.45, 2.75) is 18.4 Å². The van der Waals surface area contributed by atoms with Crippen LogP contribution in [0.5, 0.6) is 0 Å². The molecule has 0 aromatic heterocycles. The Morgan fingerprint density at radius 1 is 1.62 bits per heavy atom. The summed E-state index contributed by atoms with van der Waals surface area (Å²) in [6.07, 6.45) is -0.462. The fraction of sp³-hybridized carbons (Fsp3) is 0.857. The summed E-state index contributed by atoms with van der Waals surface area (Å²) < 4.78 is 25.5. The van der Waals surface area contributed by atoms with Crippen molar-refractivity contribution in [2.24, 2.45) is 0 Å². The maximum absolute atomic E-state index is 12.7. The lowest BCUT2D eigenvalue weighted by molar-refractivity contribution is -0.138. The molecule has 0 spiro atoms. The number of carboxylic acid groups (broad SMARTS) is 1. The van der Waals surface area contributed by atoms with Gasteiger partial charge in [0.05, 0.1) is 19.7 Å². The highest BCUT2D eigenvalue weighted by atomic mass is 19.3. The van der Waals surface area contributed by atoms with Crippen LogP contribution in [0.3, 0.4) is 0 Å². The fourth-order valence-corrected chi connectivity index (χ4v) is 1.50. The molecule has 0 aromatic carbocycles. The molecule has 0 saturated carbocycles. The normalized spacial score (nSPS) is 27.8. The van der Waals surface area contributed by atoms with E-state index in [-0.39, 0.29) is 0 Å². The number of carboxylic acids is 1. The molecule has 1 saturated heterocycles. The molecule has 1 heterocycles. The Labute approximate surface area is 73.8 Å². The van der Waals surface area contributed by atoms with Crippen LogP contribution < -0.4 is 0 Å². The van der Waals surface area contributed by atoms with Crippen molar-refractivity contribution in [3.8, 4) is 0 Å². The van der Waals surface area contributed by atoms with E-state index in [4.69, 9.17) is 10.2 Å². The van der Waals surface area contributed by atoms with Gasteiger partial charge in [0.2, 0.25) is 0 Å². The van der Waals surface area contributed by atoms with Gasteiger partial charge in [0.1, 0.15) is 0 Å². The lowest BCUT2D eigenvalue weighted by Crippen LogP contribution is -2.36. The van der Waals surface area contributed by atoms with E-state index in [0.29, 0.717) is 0 Å². The number of aliphatic hydroxyl groups is 1. The molecule has 1 aliphatic heterocycles. The summed E-state index contributed by atoms with van der Waals surface area (Å²) in [7, 11) is 0. The summed E-state index contributed by atoms with van der Waals surface area (Å²) in [6, 6.07) is -0.730. The standard InChI is InChI=1S/C7H11F2NO3/c8-7(9)1-5(3-11)10(4-7)2-6(12)13/h5,11H,1-4H2,(H,12,13). The molecule has 1 fully saturated rings. The summed E-state index contributed by atoms with van der Waals surface area (Å²) in [4.78, 5) is 11.3. The Morgan fingerprint density at radius 2 is 2.23 bits per heavy atom. The van der Waals surface area contributed by atoms with Crippen molar-refractivity contribution in [1.29, 1.82) is 0 Å². The molecule has 0 aromatic rings. The van der Waals surface area contributed by atoms with Crippen molar-refractivity contribution in [3.63, 3.8) is 0 Å². The number of rotatable bonds is 3. The smallest absolute Gasteiger partial charge is 0.317 e. The van der Waals surface area contributed by atoms with Crippen LogP contribution in [0.2, 0.25) is 0 Å². The van der Waals surface area contributed by atoms with Crippen LogP contribution in [0.4, 0.5) is 8.78 Å². The minimum absolute atomic E-state index is 0.428. The molecule has 0 radical (unpaired) electrons. The summed E-state index contributed by atoms with van der Waals surface area (Å²) in [5.41, 5.74) is 0. The Hall–Kier alpha value is -0.750. The fourth-order valence-electron chi connectivity index (χ4n) is 1.50. The molecule has 4 nitrogen and oxygen atoms in total. The molecule has 76 valence electrons. The summed E-state index contributed by atoms with van der Waals surface area (Å²) >= 11 is 0. The largest absolute Gasteiger partial charge is 0.480 e. The topological polar surface area (TPSA) is 60.8 Å². The van der Waals surface area contributed by atoms with Gasteiger partial charge in [-0.3, -0.25) is 9.69 Å². The molecular weight excluding hydrogens is 184 g/mol. The molecule has 1 rings (SSSR count). The first kappa shape index (κ1) is 10.3. The third kappa shape index (κ3) is 2.60. The Morgan fingerprint density at radius 3 is 2.69 bits per heavy atom. The first-order valence-corrected chi connectivity index (χ1v) is 3.89. The van der Waals surface area contributed by atoms with E-state index in [1.54, 1.807) is 0 Å². The van der Waals surface area contributed by atoms with Crippen LogP contribution in [0.25, 0.3) is 0 Å². The second-order valence-electron chi connectivity index (χ2n) is 3.20. The van der Waals surface area contributed by atoms with Crippen molar-refractivity contribution in [1.82, 2.24) is 4.90 Å². The van der Waals surface area contributed by atoms with Crippen LogP contribution >= 0.6 is 0 Å². The van der Waals surface area contributed by atoms with Crippen LogP contribution in [0, 0.1) is 0 Å². The molecule has 1 unspecified atom stereocenters. The monoisotopic (exact) mass is 195 g/mol. The van der Waals surface area contributed by atoms with E-state index in [0.717, 1.165) is 4.90 Å². The van der Waals surface area contributed by atoms with Crippen molar-refractivity contribution >= 4 is 5.97 Å². The Kier molecular flexibility index (Phi) is 2.82. The van der Waals surface area contributed by atoms with Gasteiger partial charge in [-0.25, -0.2) is 8.78 Å². The summed E-state index contributed by atoms with van der Waals surface area (Å²) in [5.74, 6) is -4.03. The molecule has 13 heavy (non-hydrogen) atoms. The number of hydrogen-bond donors (Lipinski definition) is 2. The predicted molar refractivity (Wildman–Crippen MR) is 39.6 cm³/mol. The molecule has 2 N–H and O–H groups in total. The molecular formula is C7H11F2NO3. The second-order valence-corrected chi connectivity index (χ2v) is 3.20. The highest BCUT2D eigenvalue weighted by Gasteiger charge is 2.44. The molecule has 0 aliphatic carbocycles. The minimum atomic E-state index is -2.87. The van der Waals surface area contributed by atoms with E-state index in [9.17, 15) is 13.6 Å². The van der Waals surface area contributed by atoms with Gasteiger partial charge >= 0.3 is 5.97 Å².